The van der Waals surface area contributed by atoms with E-state index in [1.54, 1.807) is 20.8 Å². The molecule has 0 bridgehead atoms. The molecule has 0 saturated carbocycles. The molecule has 1 fully saturated rings. The van der Waals surface area contributed by atoms with Gasteiger partial charge in [-0.15, -0.1) is 12.4 Å². The van der Waals surface area contributed by atoms with Crippen LogP contribution in [0.1, 0.15) is 20.8 Å². The van der Waals surface area contributed by atoms with E-state index >= 15 is 0 Å². The number of nitrogens with zero attached hydrogens (tertiary/aromatic N) is 1. The normalized spacial score (nSPS) is 21.8. The number of amides is 3. The number of imide groups is 1. The Kier molecular flexibility index (Phi) is 7.50. The van der Waals surface area contributed by atoms with Crippen molar-refractivity contribution in [2.45, 2.75) is 32.5 Å². The Morgan fingerprint density at radius 3 is 2.08 bits per heavy atom. The van der Waals surface area contributed by atoms with Crippen LogP contribution in [0.3, 0.4) is 0 Å². The molecule has 0 unspecified atom stereocenters. The van der Waals surface area contributed by atoms with Gasteiger partial charge >= 0.3 is 18.2 Å². The molecule has 0 aliphatic carbocycles. The molecule has 1 aliphatic heterocycles. The van der Waals surface area contributed by atoms with Crippen LogP contribution in [0, 0.1) is 11.8 Å². The number of likely N-dealkylation sites (tertiary alicyclic amines) is 1. The molecule has 3 N–H and O–H groups in total. The van der Waals surface area contributed by atoms with Crippen molar-refractivity contribution < 1.29 is 32.7 Å². The maximum absolute atomic E-state index is 12.8. The monoisotopic (exact) mass is 375 g/mol. The summed E-state index contributed by atoms with van der Waals surface area (Å²) in [5.74, 6) is -6.00. The number of carbonyl (C=O) groups is 3. The molecule has 0 aromatic rings. The first-order valence-corrected chi connectivity index (χ1v) is 6.93. The summed E-state index contributed by atoms with van der Waals surface area (Å²) in [6.45, 7) is 3.63. The van der Waals surface area contributed by atoms with E-state index in [1.165, 1.54) is 0 Å². The number of rotatable bonds is 3. The average molecular weight is 376 g/mol. The van der Waals surface area contributed by atoms with Crippen LogP contribution in [0.5, 0.6) is 0 Å². The average Bonchev–Trinajstić information content (AvgIpc) is 2.69. The third-order valence-corrected chi connectivity index (χ3v) is 3.24. The quantitative estimate of drug-likeness (QED) is 0.689. The number of alkyl halides is 3. The van der Waals surface area contributed by atoms with Crippen molar-refractivity contribution in [2.75, 3.05) is 19.6 Å². The number of halogens is 4. The standard InChI is InChI=1S/C13H20F3N3O4.ClH/c1-12(2,3)18-11(23)17-9(20)6-19-4-7(10(21)22)8(5-19)13(14,15)16;/h7-8H,4-6H2,1-3H3,(H,21,22)(H2,17,18,20,23);1H/t7-,8-;/m1./s1. The number of urea groups is 1. The highest BCUT2D eigenvalue weighted by molar-refractivity contribution is 5.95. The fourth-order valence-corrected chi connectivity index (χ4v) is 2.34. The Morgan fingerprint density at radius 1 is 1.17 bits per heavy atom. The van der Waals surface area contributed by atoms with E-state index in [0.717, 1.165) is 4.90 Å². The van der Waals surface area contributed by atoms with Crippen LogP contribution < -0.4 is 10.6 Å². The van der Waals surface area contributed by atoms with Crippen LogP contribution in [0.4, 0.5) is 18.0 Å². The van der Waals surface area contributed by atoms with Crippen molar-refractivity contribution in [2.24, 2.45) is 11.8 Å². The third kappa shape index (κ3) is 6.91. The molecule has 0 spiro atoms. The van der Waals surface area contributed by atoms with E-state index in [2.05, 4.69) is 5.32 Å². The molecule has 0 aromatic heterocycles. The minimum absolute atomic E-state index is 0. The van der Waals surface area contributed by atoms with E-state index in [0.29, 0.717) is 0 Å². The zero-order chi connectivity index (χ0) is 18.0. The lowest BCUT2D eigenvalue weighted by molar-refractivity contribution is -0.188. The van der Waals surface area contributed by atoms with Gasteiger partial charge in [0.1, 0.15) is 0 Å². The second-order valence-corrected chi connectivity index (χ2v) is 6.54. The van der Waals surface area contributed by atoms with Crippen LogP contribution >= 0.6 is 12.4 Å². The second-order valence-electron chi connectivity index (χ2n) is 6.54. The van der Waals surface area contributed by atoms with Crippen LogP contribution in [0.2, 0.25) is 0 Å². The highest BCUT2D eigenvalue weighted by atomic mass is 35.5. The first kappa shape index (κ1) is 22.4. The molecule has 24 heavy (non-hydrogen) atoms. The number of carbonyl (C=O) groups excluding carboxylic acids is 2. The summed E-state index contributed by atoms with van der Waals surface area (Å²) in [7, 11) is 0. The van der Waals surface area contributed by atoms with Crippen LogP contribution in [0.25, 0.3) is 0 Å². The van der Waals surface area contributed by atoms with Gasteiger partial charge in [-0.2, -0.15) is 13.2 Å². The number of nitrogens with one attached hydrogen (secondary N) is 2. The zero-order valence-electron chi connectivity index (χ0n) is 13.4. The molecule has 7 nitrogen and oxygen atoms in total. The van der Waals surface area contributed by atoms with Gasteiger partial charge in [0.05, 0.1) is 18.4 Å². The van der Waals surface area contributed by atoms with Gasteiger partial charge in [-0.05, 0) is 20.8 Å². The first-order chi connectivity index (χ1) is 10.3. The molecule has 1 saturated heterocycles. The summed E-state index contributed by atoms with van der Waals surface area (Å²) in [5.41, 5.74) is -0.576. The number of aliphatic carboxylic acids is 1. The largest absolute Gasteiger partial charge is 0.481 e. The Morgan fingerprint density at radius 2 is 1.71 bits per heavy atom. The maximum Gasteiger partial charge on any atom is 0.393 e. The van der Waals surface area contributed by atoms with Gasteiger partial charge in [0, 0.05) is 18.6 Å². The molecule has 0 aromatic carbocycles. The lowest BCUT2D eigenvalue weighted by Gasteiger charge is -2.21. The fourth-order valence-electron chi connectivity index (χ4n) is 2.34. The molecule has 1 heterocycles. The van der Waals surface area contributed by atoms with E-state index in [4.69, 9.17) is 5.11 Å². The summed E-state index contributed by atoms with van der Waals surface area (Å²) in [6.07, 6.45) is -4.65. The second kappa shape index (κ2) is 8.02. The van der Waals surface area contributed by atoms with Gasteiger partial charge in [-0.1, -0.05) is 0 Å². The van der Waals surface area contributed by atoms with Gasteiger partial charge in [0.2, 0.25) is 5.91 Å². The van der Waals surface area contributed by atoms with E-state index in [9.17, 15) is 27.6 Å². The van der Waals surface area contributed by atoms with E-state index in [-0.39, 0.29) is 12.4 Å². The van der Waals surface area contributed by atoms with Crippen molar-refractivity contribution in [1.29, 1.82) is 0 Å². The van der Waals surface area contributed by atoms with E-state index < -0.39 is 61.1 Å². The van der Waals surface area contributed by atoms with Crippen molar-refractivity contribution in [3.05, 3.63) is 0 Å². The Hall–Kier alpha value is -1.55. The van der Waals surface area contributed by atoms with Gasteiger partial charge in [-0.25, -0.2) is 4.79 Å². The topological polar surface area (TPSA) is 98.7 Å². The molecule has 3 amide bonds. The lowest BCUT2D eigenvalue weighted by atomic mass is 9.96. The molecule has 11 heteroatoms. The van der Waals surface area contributed by atoms with Gasteiger partial charge in [0.25, 0.3) is 0 Å². The smallest absolute Gasteiger partial charge is 0.393 e. The van der Waals surface area contributed by atoms with Gasteiger partial charge in [-0.3, -0.25) is 19.8 Å². The summed E-state index contributed by atoms with van der Waals surface area (Å²) < 4.78 is 38.5. The Labute approximate surface area is 143 Å². The van der Waals surface area contributed by atoms with Gasteiger partial charge < -0.3 is 10.4 Å². The number of hydrogen-bond acceptors (Lipinski definition) is 4. The van der Waals surface area contributed by atoms with Crippen LogP contribution in [-0.4, -0.2) is 59.3 Å². The molecule has 1 aliphatic rings. The molecule has 1 rings (SSSR count). The molecular formula is C13H21ClF3N3O4. The maximum atomic E-state index is 12.8. The van der Waals surface area contributed by atoms with Crippen molar-refractivity contribution in [3.8, 4) is 0 Å². The minimum Gasteiger partial charge on any atom is -0.481 e. The summed E-state index contributed by atoms with van der Waals surface area (Å²) in [5, 5.41) is 13.4. The van der Waals surface area contributed by atoms with Crippen LogP contribution in [-0.2, 0) is 9.59 Å². The predicted molar refractivity (Wildman–Crippen MR) is 80.8 cm³/mol. The minimum atomic E-state index is -4.65. The number of carboxylic acids is 1. The van der Waals surface area contributed by atoms with Crippen molar-refractivity contribution >= 4 is 30.3 Å². The highest BCUT2D eigenvalue weighted by Crippen LogP contribution is 2.37. The number of carboxylic acid groups (broad SMARTS) is 1. The molecular weight excluding hydrogens is 355 g/mol. The third-order valence-electron chi connectivity index (χ3n) is 3.24. The fraction of sp³-hybridized carbons (Fsp3) is 0.769. The Balaban J connectivity index is 0.00000529. The predicted octanol–water partition coefficient (Wildman–Crippen LogP) is 1.23. The highest BCUT2D eigenvalue weighted by Gasteiger charge is 2.52. The van der Waals surface area contributed by atoms with Gasteiger partial charge in [0.15, 0.2) is 0 Å². The summed E-state index contributed by atoms with van der Waals surface area (Å²) >= 11 is 0. The van der Waals surface area contributed by atoms with Crippen molar-refractivity contribution in [1.82, 2.24) is 15.5 Å². The summed E-state index contributed by atoms with van der Waals surface area (Å²) in [6, 6.07) is -0.760. The van der Waals surface area contributed by atoms with Crippen molar-refractivity contribution in [3.63, 3.8) is 0 Å². The number of hydrogen-bond donors (Lipinski definition) is 3. The molecule has 140 valence electrons. The Bertz CT molecular complexity index is 494. The zero-order valence-corrected chi connectivity index (χ0v) is 14.3. The molecule has 2 atom stereocenters. The summed E-state index contributed by atoms with van der Waals surface area (Å²) in [4.78, 5) is 35.2. The molecule has 0 radical (unpaired) electrons. The lowest BCUT2D eigenvalue weighted by Crippen LogP contribution is -2.50. The first-order valence-electron chi connectivity index (χ1n) is 6.93. The SMILES string of the molecule is CC(C)(C)NC(=O)NC(=O)CN1C[C@@H](C(F)(F)F)[C@H](C(=O)O)C1.Cl. The van der Waals surface area contributed by atoms with E-state index in [1.807, 2.05) is 5.32 Å². The van der Waals surface area contributed by atoms with Crippen LogP contribution in [0.15, 0.2) is 0 Å².